The van der Waals surface area contributed by atoms with E-state index < -0.39 is 0 Å². The van der Waals surface area contributed by atoms with E-state index in [0.29, 0.717) is 11.7 Å². The summed E-state index contributed by atoms with van der Waals surface area (Å²) < 4.78 is 13.5. The van der Waals surface area contributed by atoms with Gasteiger partial charge in [-0.1, -0.05) is 18.2 Å². The highest BCUT2D eigenvalue weighted by molar-refractivity contribution is 7.09. The maximum atomic E-state index is 13.5. The van der Waals surface area contributed by atoms with Crippen LogP contribution in [0.4, 0.5) is 10.1 Å². The van der Waals surface area contributed by atoms with Crippen molar-refractivity contribution in [1.82, 2.24) is 4.90 Å². The van der Waals surface area contributed by atoms with Gasteiger partial charge < -0.3 is 5.73 Å². The van der Waals surface area contributed by atoms with Gasteiger partial charge in [-0.15, -0.1) is 11.3 Å². The number of benzene rings is 1. The number of hydrogen-bond donors (Lipinski definition) is 1. The van der Waals surface area contributed by atoms with E-state index in [-0.39, 0.29) is 5.82 Å². The van der Waals surface area contributed by atoms with Gasteiger partial charge in [0.1, 0.15) is 5.82 Å². The normalized spacial score (nSPS) is 15.1. The van der Waals surface area contributed by atoms with Gasteiger partial charge in [-0.3, -0.25) is 4.90 Å². The van der Waals surface area contributed by atoms with Crippen molar-refractivity contribution >= 4 is 17.0 Å². The molecule has 4 heteroatoms. The molecule has 1 heterocycles. The van der Waals surface area contributed by atoms with Crippen molar-refractivity contribution in [2.75, 3.05) is 5.73 Å². The minimum Gasteiger partial charge on any atom is -0.396 e. The molecule has 2 N–H and O–H groups in total. The summed E-state index contributed by atoms with van der Waals surface area (Å²) in [5.74, 6) is -0.315. The molecule has 0 unspecified atom stereocenters. The number of hydrogen-bond acceptors (Lipinski definition) is 3. The maximum Gasteiger partial charge on any atom is 0.146 e. The molecule has 2 nitrogen and oxygen atoms in total. The summed E-state index contributed by atoms with van der Waals surface area (Å²) >= 11 is 1.77. The summed E-state index contributed by atoms with van der Waals surface area (Å²) in [7, 11) is 0. The van der Waals surface area contributed by atoms with Crippen LogP contribution in [-0.4, -0.2) is 10.9 Å². The minimum absolute atomic E-state index is 0.291. The van der Waals surface area contributed by atoms with Gasteiger partial charge in [-0.2, -0.15) is 0 Å². The molecule has 1 aromatic carbocycles. The SMILES string of the molecule is Nc1c(F)cccc1CN(Cc1cccs1)C1CC1. The average molecular weight is 276 g/mol. The summed E-state index contributed by atoms with van der Waals surface area (Å²) in [6, 6.07) is 9.92. The fourth-order valence-electron chi connectivity index (χ4n) is 2.29. The molecule has 1 aromatic heterocycles. The highest BCUT2D eigenvalue weighted by Crippen LogP contribution is 2.31. The highest BCUT2D eigenvalue weighted by atomic mass is 32.1. The Morgan fingerprint density at radius 3 is 2.74 bits per heavy atom. The first-order valence-electron chi connectivity index (χ1n) is 6.53. The molecular formula is C15H17FN2S. The van der Waals surface area contributed by atoms with E-state index in [2.05, 4.69) is 22.4 Å². The number of thiophene rings is 1. The standard InChI is InChI=1S/C15H17FN2S/c16-14-5-1-3-11(15(14)17)9-18(12-6-7-12)10-13-4-2-8-19-13/h1-5,8,12H,6-7,9-10,17H2. The summed E-state index contributed by atoms with van der Waals surface area (Å²) in [5, 5.41) is 2.09. The minimum atomic E-state index is -0.315. The van der Waals surface area contributed by atoms with Crippen molar-refractivity contribution in [1.29, 1.82) is 0 Å². The number of anilines is 1. The van der Waals surface area contributed by atoms with Crippen LogP contribution in [0.1, 0.15) is 23.3 Å². The van der Waals surface area contributed by atoms with E-state index in [9.17, 15) is 4.39 Å². The third-order valence-corrected chi connectivity index (χ3v) is 4.38. The van der Waals surface area contributed by atoms with Crippen LogP contribution >= 0.6 is 11.3 Å². The molecule has 2 aromatic rings. The third kappa shape index (κ3) is 2.96. The van der Waals surface area contributed by atoms with Gasteiger partial charge in [0.25, 0.3) is 0 Å². The Hall–Kier alpha value is -1.39. The fraction of sp³-hybridized carbons (Fsp3) is 0.333. The summed E-state index contributed by atoms with van der Waals surface area (Å²) in [5.41, 5.74) is 7.01. The molecule has 1 fully saturated rings. The molecule has 0 radical (unpaired) electrons. The van der Waals surface area contributed by atoms with Crippen LogP contribution in [0.2, 0.25) is 0 Å². The Morgan fingerprint density at radius 2 is 2.05 bits per heavy atom. The molecule has 0 spiro atoms. The first-order valence-corrected chi connectivity index (χ1v) is 7.41. The molecule has 1 aliphatic rings. The number of nitrogens with zero attached hydrogens (tertiary/aromatic N) is 1. The highest BCUT2D eigenvalue weighted by Gasteiger charge is 2.29. The predicted molar refractivity (Wildman–Crippen MR) is 77.4 cm³/mol. The lowest BCUT2D eigenvalue weighted by molar-refractivity contribution is 0.248. The van der Waals surface area contributed by atoms with Crippen LogP contribution in [0.5, 0.6) is 0 Å². The summed E-state index contributed by atoms with van der Waals surface area (Å²) in [4.78, 5) is 3.75. The first-order chi connectivity index (χ1) is 9.24. The first kappa shape index (κ1) is 12.6. The Labute approximate surface area is 116 Å². The van der Waals surface area contributed by atoms with Gasteiger partial charge in [0, 0.05) is 24.0 Å². The van der Waals surface area contributed by atoms with Gasteiger partial charge in [0.15, 0.2) is 0 Å². The molecule has 3 rings (SSSR count). The van der Waals surface area contributed by atoms with E-state index in [1.165, 1.54) is 23.8 Å². The zero-order valence-corrected chi connectivity index (χ0v) is 11.5. The second kappa shape index (κ2) is 5.31. The predicted octanol–water partition coefficient (Wildman–Crippen LogP) is 3.63. The van der Waals surface area contributed by atoms with Gasteiger partial charge in [0.2, 0.25) is 0 Å². The molecule has 1 aliphatic carbocycles. The Balaban J connectivity index is 1.76. The number of halogens is 1. The van der Waals surface area contributed by atoms with E-state index >= 15 is 0 Å². The van der Waals surface area contributed by atoms with Crippen molar-refractivity contribution in [3.8, 4) is 0 Å². The summed E-state index contributed by atoms with van der Waals surface area (Å²) in [6.45, 7) is 1.66. The average Bonchev–Trinajstić information content (AvgIpc) is 3.13. The molecule has 0 saturated heterocycles. The largest absolute Gasteiger partial charge is 0.396 e. The van der Waals surface area contributed by atoms with Gasteiger partial charge in [-0.05, 0) is 35.9 Å². The molecule has 0 amide bonds. The second-order valence-electron chi connectivity index (χ2n) is 5.03. The molecule has 0 bridgehead atoms. The molecule has 1 saturated carbocycles. The quantitative estimate of drug-likeness (QED) is 0.845. The molecular weight excluding hydrogens is 259 g/mol. The second-order valence-corrected chi connectivity index (χ2v) is 6.06. The Bertz CT molecular complexity index is 549. The Kier molecular flexibility index (Phi) is 3.53. The van der Waals surface area contributed by atoms with Crippen LogP contribution in [0, 0.1) is 5.82 Å². The third-order valence-electron chi connectivity index (χ3n) is 3.52. The van der Waals surface area contributed by atoms with Gasteiger partial charge in [0.05, 0.1) is 5.69 Å². The molecule has 19 heavy (non-hydrogen) atoms. The molecule has 0 atom stereocenters. The van der Waals surface area contributed by atoms with E-state index in [1.807, 2.05) is 6.07 Å². The van der Waals surface area contributed by atoms with E-state index in [0.717, 1.165) is 18.7 Å². The van der Waals surface area contributed by atoms with Crippen molar-refractivity contribution in [2.45, 2.75) is 32.0 Å². The lowest BCUT2D eigenvalue weighted by atomic mass is 10.1. The number of rotatable bonds is 5. The smallest absolute Gasteiger partial charge is 0.146 e. The maximum absolute atomic E-state index is 13.5. The van der Waals surface area contributed by atoms with Crippen molar-refractivity contribution in [3.05, 3.63) is 52.0 Å². The number of para-hydroxylation sites is 1. The number of nitrogen functional groups attached to an aromatic ring is 1. The molecule has 0 aliphatic heterocycles. The number of nitrogens with two attached hydrogens (primary N) is 1. The van der Waals surface area contributed by atoms with Crippen LogP contribution in [-0.2, 0) is 13.1 Å². The van der Waals surface area contributed by atoms with Crippen LogP contribution < -0.4 is 5.73 Å². The van der Waals surface area contributed by atoms with E-state index in [4.69, 9.17) is 5.73 Å². The monoisotopic (exact) mass is 276 g/mol. The lowest BCUT2D eigenvalue weighted by Gasteiger charge is -2.22. The van der Waals surface area contributed by atoms with Crippen molar-refractivity contribution < 1.29 is 4.39 Å². The zero-order valence-electron chi connectivity index (χ0n) is 10.7. The zero-order chi connectivity index (χ0) is 13.2. The Morgan fingerprint density at radius 1 is 1.21 bits per heavy atom. The van der Waals surface area contributed by atoms with Crippen molar-refractivity contribution in [3.63, 3.8) is 0 Å². The van der Waals surface area contributed by atoms with Crippen LogP contribution in [0.3, 0.4) is 0 Å². The van der Waals surface area contributed by atoms with Crippen LogP contribution in [0.15, 0.2) is 35.7 Å². The van der Waals surface area contributed by atoms with Gasteiger partial charge >= 0.3 is 0 Å². The van der Waals surface area contributed by atoms with E-state index in [1.54, 1.807) is 17.4 Å². The fourth-order valence-corrected chi connectivity index (χ4v) is 3.02. The topological polar surface area (TPSA) is 29.3 Å². The summed E-state index contributed by atoms with van der Waals surface area (Å²) in [6.07, 6.45) is 2.47. The van der Waals surface area contributed by atoms with Gasteiger partial charge in [-0.25, -0.2) is 4.39 Å². The van der Waals surface area contributed by atoms with Crippen LogP contribution in [0.25, 0.3) is 0 Å². The van der Waals surface area contributed by atoms with Crippen molar-refractivity contribution in [2.24, 2.45) is 0 Å². The molecule has 100 valence electrons. The lowest BCUT2D eigenvalue weighted by Crippen LogP contribution is -2.25.